The van der Waals surface area contributed by atoms with Crippen LogP contribution in [0.15, 0.2) is 89.7 Å². The standard InChI is InChI=1S/C28H25N3O5/c1-18-24(27(34)31(30(18)3)23-12-8-5-9-13-23)29-26(33)19(2)36-28(35)22-16-14-21(15-17-22)25(32)20-10-6-4-7-11-20/h4-17,19H,1-3H3,(H,29,33). The van der Waals surface area contributed by atoms with E-state index in [2.05, 4.69) is 5.32 Å². The van der Waals surface area contributed by atoms with Gasteiger partial charge in [-0.05, 0) is 38.1 Å². The van der Waals surface area contributed by atoms with Crippen LogP contribution in [0, 0.1) is 6.92 Å². The minimum atomic E-state index is -1.16. The molecule has 36 heavy (non-hydrogen) atoms. The molecule has 8 heteroatoms. The number of carbonyl (C=O) groups excluding carboxylic acids is 3. The number of ether oxygens (including phenoxy) is 1. The van der Waals surface area contributed by atoms with Crippen molar-refractivity contribution in [1.29, 1.82) is 0 Å². The van der Waals surface area contributed by atoms with Gasteiger partial charge in [0.25, 0.3) is 11.5 Å². The van der Waals surface area contributed by atoms with Crippen LogP contribution in [0.4, 0.5) is 5.69 Å². The molecule has 182 valence electrons. The molecule has 1 atom stereocenters. The zero-order valence-electron chi connectivity index (χ0n) is 20.1. The number of nitrogens with zero attached hydrogens (tertiary/aromatic N) is 2. The molecule has 1 N–H and O–H groups in total. The van der Waals surface area contributed by atoms with Gasteiger partial charge in [0.1, 0.15) is 5.69 Å². The smallest absolute Gasteiger partial charge is 0.338 e. The highest BCUT2D eigenvalue weighted by molar-refractivity contribution is 6.09. The molecule has 4 aromatic rings. The number of ketones is 1. The van der Waals surface area contributed by atoms with E-state index < -0.39 is 23.5 Å². The SMILES string of the molecule is Cc1c(NC(=O)C(C)OC(=O)c2ccc(C(=O)c3ccccc3)cc2)c(=O)n(-c2ccccc2)n1C. The van der Waals surface area contributed by atoms with Crippen molar-refractivity contribution in [3.05, 3.63) is 118 Å². The lowest BCUT2D eigenvalue weighted by molar-refractivity contribution is -0.123. The molecule has 0 aliphatic heterocycles. The first-order chi connectivity index (χ1) is 17.3. The summed E-state index contributed by atoms with van der Waals surface area (Å²) >= 11 is 0. The van der Waals surface area contributed by atoms with Crippen molar-refractivity contribution in [2.75, 3.05) is 5.32 Å². The summed E-state index contributed by atoms with van der Waals surface area (Å²) < 4.78 is 8.39. The van der Waals surface area contributed by atoms with Crippen LogP contribution in [-0.4, -0.2) is 33.1 Å². The van der Waals surface area contributed by atoms with Gasteiger partial charge in [0.15, 0.2) is 11.9 Å². The fourth-order valence-electron chi connectivity index (χ4n) is 3.73. The maximum absolute atomic E-state index is 13.0. The first-order valence-corrected chi connectivity index (χ1v) is 11.3. The van der Waals surface area contributed by atoms with E-state index in [-0.39, 0.29) is 17.0 Å². The molecule has 8 nitrogen and oxygen atoms in total. The molecule has 1 unspecified atom stereocenters. The first-order valence-electron chi connectivity index (χ1n) is 11.3. The zero-order chi connectivity index (χ0) is 25.8. The Morgan fingerprint density at radius 2 is 1.33 bits per heavy atom. The molecule has 1 amide bonds. The van der Waals surface area contributed by atoms with E-state index in [4.69, 9.17) is 4.74 Å². The van der Waals surface area contributed by atoms with Crippen molar-refractivity contribution in [2.45, 2.75) is 20.0 Å². The Balaban J connectivity index is 1.44. The number of hydrogen-bond acceptors (Lipinski definition) is 5. The molecular formula is C28H25N3O5. The summed E-state index contributed by atoms with van der Waals surface area (Å²) in [6.07, 6.45) is -1.16. The molecule has 0 bridgehead atoms. The van der Waals surface area contributed by atoms with Crippen molar-refractivity contribution >= 4 is 23.3 Å². The summed E-state index contributed by atoms with van der Waals surface area (Å²) in [5, 5.41) is 2.59. The molecule has 1 heterocycles. The summed E-state index contributed by atoms with van der Waals surface area (Å²) in [5.41, 5.74) is 2.08. The van der Waals surface area contributed by atoms with Crippen molar-refractivity contribution < 1.29 is 19.1 Å². The molecule has 4 rings (SSSR count). The van der Waals surface area contributed by atoms with Gasteiger partial charge in [-0.25, -0.2) is 9.48 Å². The van der Waals surface area contributed by atoms with Crippen LogP contribution in [0.1, 0.15) is 38.9 Å². The average molecular weight is 484 g/mol. The van der Waals surface area contributed by atoms with Crippen molar-refractivity contribution in [3.63, 3.8) is 0 Å². The van der Waals surface area contributed by atoms with Crippen molar-refractivity contribution in [1.82, 2.24) is 9.36 Å². The van der Waals surface area contributed by atoms with Crippen LogP contribution in [0.2, 0.25) is 0 Å². The summed E-state index contributed by atoms with van der Waals surface area (Å²) in [6, 6.07) is 23.9. The lowest BCUT2D eigenvalue weighted by Gasteiger charge is -2.13. The summed E-state index contributed by atoms with van der Waals surface area (Å²) in [6.45, 7) is 3.14. The Bertz CT molecular complexity index is 1470. The van der Waals surface area contributed by atoms with Crippen LogP contribution in [-0.2, 0) is 16.6 Å². The minimum Gasteiger partial charge on any atom is -0.449 e. The Morgan fingerprint density at radius 3 is 1.94 bits per heavy atom. The molecule has 0 aliphatic rings. The lowest BCUT2D eigenvalue weighted by Crippen LogP contribution is -2.32. The van der Waals surface area contributed by atoms with Gasteiger partial charge in [-0.3, -0.25) is 19.1 Å². The molecule has 0 spiro atoms. The van der Waals surface area contributed by atoms with Crippen molar-refractivity contribution in [2.24, 2.45) is 7.05 Å². The Hall–Kier alpha value is -4.72. The van der Waals surface area contributed by atoms with E-state index in [1.807, 2.05) is 24.3 Å². The van der Waals surface area contributed by atoms with Gasteiger partial charge in [0.05, 0.1) is 16.9 Å². The Labute approximate surface area is 207 Å². The van der Waals surface area contributed by atoms with Crippen LogP contribution in [0.3, 0.4) is 0 Å². The van der Waals surface area contributed by atoms with Crippen LogP contribution in [0.5, 0.6) is 0 Å². The number of para-hydroxylation sites is 1. The van der Waals surface area contributed by atoms with E-state index in [1.54, 1.807) is 55.1 Å². The third kappa shape index (κ3) is 4.88. The van der Waals surface area contributed by atoms with Crippen LogP contribution < -0.4 is 10.9 Å². The van der Waals surface area contributed by atoms with Gasteiger partial charge < -0.3 is 10.1 Å². The quantitative estimate of drug-likeness (QED) is 0.318. The maximum Gasteiger partial charge on any atom is 0.338 e. The number of aromatic nitrogens is 2. The van der Waals surface area contributed by atoms with Gasteiger partial charge in [0.2, 0.25) is 0 Å². The summed E-state index contributed by atoms with van der Waals surface area (Å²) in [7, 11) is 1.72. The van der Waals surface area contributed by atoms with E-state index >= 15 is 0 Å². The lowest BCUT2D eigenvalue weighted by atomic mass is 10.0. The zero-order valence-corrected chi connectivity index (χ0v) is 20.1. The second-order valence-electron chi connectivity index (χ2n) is 8.25. The highest BCUT2D eigenvalue weighted by Gasteiger charge is 2.24. The number of benzene rings is 3. The van der Waals surface area contributed by atoms with E-state index in [0.717, 1.165) is 0 Å². The molecular weight excluding hydrogens is 458 g/mol. The molecule has 0 saturated carbocycles. The minimum absolute atomic E-state index is 0.109. The number of rotatable bonds is 7. The van der Waals surface area contributed by atoms with Crippen molar-refractivity contribution in [3.8, 4) is 5.69 Å². The fourth-order valence-corrected chi connectivity index (χ4v) is 3.73. The number of nitrogens with one attached hydrogen (secondary N) is 1. The maximum atomic E-state index is 13.0. The van der Waals surface area contributed by atoms with Gasteiger partial charge in [-0.2, -0.15) is 0 Å². The monoisotopic (exact) mass is 483 g/mol. The number of carbonyl (C=O) groups is 3. The number of amides is 1. The molecule has 0 saturated heterocycles. The predicted molar refractivity (Wildman–Crippen MR) is 136 cm³/mol. The fraction of sp³-hybridized carbons (Fsp3) is 0.143. The van der Waals surface area contributed by atoms with E-state index in [9.17, 15) is 19.2 Å². The Kier molecular flexibility index (Phi) is 6.96. The van der Waals surface area contributed by atoms with Gasteiger partial charge in [-0.1, -0.05) is 60.7 Å². The number of esters is 1. The topological polar surface area (TPSA) is 99.4 Å². The second kappa shape index (κ2) is 10.3. The number of anilines is 1. The normalized spacial score (nSPS) is 11.5. The highest BCUT2D eigenvalue weighted by Crippen LogP contribution is 2.16. The molecule has 0 radical (unpaired) electrons. The summed E-state index contributed by atoms with van der Waals surface area (Å²) in [4.78, 5) is 50.9. The summed E-state index contributed by atoms with van der Waals surface area (Å²) in [5.74, 6) is -1.52. The molecule has 1 aromatic heterocycles. The van der Waals surface area contributed by atoms with Crippen LogP contribution >= 0.6 is 0 Å². The van der Waals surface area contributed by atoms with Crippen LogP contribution in [0.25, 0.3) is 5.69 Å². The first kappa shape index (κ1) is 24.4. The van der Waals surface area contributed by atoms with Gasteiger partial charge >= 0.3 is 5.97 Å². The Morgan fingerprint density at radius 1 is 0.806 bits per heavy atom. The molecule has 0 aliphatic carbocycles. The van der Waals surface area contributed by atoms with E-state index in [1.165, 1.54) is 35.9 Å². The second-order valence-corrected chi connectivity index (χ2v) is 8.25. The number of hydrogen-bond donors (Lipinski definition) is 1. The molecule has 3 aromatic carbocycles. The molecule has 0 fully saturated rings. The average Bonchev–Trinajstić information content (AvgIpc) is 3.12. The third-order valence-corrected chi connectivity index (χ3v) is 5.87. The van der Waals surface area contributed by atoms with E-state index in [0.29, 0.717) is 22.5 Å². The largest absolute Gasteiger partial charge is 0.449 e. The predicted octanol–water partition coefficient (Wildman–Crippen LogP) is 3.90. The third-order valence-electron chi connectivity index (χ3n) is 5.87. The highest BCUT2D eigenvalue weighted by atomic mass is 16.5. The van der Waals surface area contributed by atoms with Gasteiger partial charge in [0, 0.05) is 18.2 Å². The van der Waals surface area contributed by atoms with Gasteiger partial charge in [-0.15, -0.1) is 0 Å².